The molecule has 9 nitrogen and oxygen atoms in total. The van der Waals surface area contributed by atoms with Crippen LogP contribution in [0.25, 0.3) is 5.69 Å². The minimum Gasteiger partial charge on any atom is -0.465 e. The molecular formula is C28H27N5O4S2. The van der Waals surface area contributed by atoms with Gasteiger partial charge < -0.3 is 19.5 Å². The number of benzene rings is 2. The normalized spacial score (nSPS) is 17.1. The van der Waals surface area contributed by atoms with Crippen LogP contribution in [0.3, 0.4) is 0 Å². The fourth-order valence-electron chi connectivity index (χ4n) is 4.87. The summed E-state index contributed by atoms with van der Waals surface area (Å²) in [5.41, 5.74) is 4.78. The first-order valence-corrected chi connectivity index (χ1v) is 14.4. The Kier molecular flexibility index (Phi) is 7.11. The highest BCUT2D eigenvalue weighted by Gasteiger charge is 2.42. The molecule has 0 saturated carbocycles. The second-order valence-corrected chi connectivity index (χ2v) is 11.3. The Morgan fingerprint density at radius 3 is 2.54 bits per heavy atom. The lowest BCUT2D eigenvalue weighted by atomic mass is 10.00. The molecule has 2 N–H and O–H groups in total. The van der Waals surface area contributed by atoms with Gasteiger partial charge in [0.2, 0.25) is 10.0 Å². The average molecular weight is 562 g/mol. The van der Waals surface area contributed by atoms with Crippen molar-refractivity contribution < 1.29 is 17.9 Å². The summed E-state index contributed by atoms with van der Waals surface area (Å²) in [6.45, 7) is 1.84. The van der Waals surface area contributed by atoms with Gasteiger partial charge in [-0.05, 0) is 79.3 Å². The standard InChI is InChI=1S/C28H27N5O4S2/c1-18-17-19(13-14-21(18)31-39(3,35)36)33-26(25(30-28(33)38)22-10-6-7-15-29-22)24-12-8-16-32(24)23-11-5-4-9-20(23)27(34)37-2/h4-17,25-26,31H,1-3H3,(H,30,38)/t25-,26-/m1/s1. The number of carbonyl (C=O) groups is 1. The Morgan fingerprint density at radius 1 is 1.08 bits per heavy atom. The Labute approximate surface area is 232 Å². The predicted octanol–water partition coefficient (Wildman–Crippen LogP) is 4.52. The van der Waals surface area contributed by atoms with Crippen molar-refractivity contribution in [2.24, 2.45) is 0 Å². The van der Waals surface area contributed by atoms with Crippen molar-refractivity contribution in [3.05, 3.63) is 108 Å². The number of anilines is 2. The number of thiocarbonyl (C=S) groups is 1. The fourth-order valence-corrected chi connectivity index (χ4v) is 5.84. The third-order valence-corrected chi connectivity index (χ3v) is 7.44. The molecule has 5 rings (SSSR count). The van der Waals surface area contributed by atoms with E-state index >= 15 is 0 Å². The van der Waals surface area contributed by atoms with E-state index in [0.29, 0.717) is 22.1 Å². The summed E-state index contributed by atoms with van der Waals surface area (Å²) in [5.74, 6) is -0.437. The molecule has 1 aliphatic rings. The van der Waals surface area contributed by atoms with Crippen LogP contribution in [0, 0.1) is 6.92 Å². The Balaban J connectivity index is 1.66. The van der Waals surface area contributed by atoms with E-state index in [-0.39, 0.29) is 12.1 Å². The van der Waals surface area contributed by atoms with E-state index in [2.05, 4.69) is 15.0 Å². The van der Waals surface area contributed by atoms with Gasteiger partial charge in [-0.3, -0.25) is 9.71 Å². The van der Waals surface area contributed by atoms with Crippen molar-refractivity contribution in [3.8, 4) is 5.69 Å². The number of ether oxygens (including phenoxy) is 1. The van der Waals surface area contributed by atoms with Crippen LogP contribution in [0.4, 0.5) is 11.4 Å². The quantitative estimate of drug-likeness (QED) is 0.251. The molecule has 0 amide bonds. The number of pyridine rings is 1. The highest BCUT2D eigenvalue weighted by atomic mass is 32.2. The van der Waals surface area contributed by atoms with E-state index in [0.717, 1.165) is 28.9 Å². The molecule has 4 aromatic rings. The number of aromatic nitrogens is 2. The van der Waals surface area contributed by atoms with Gasteiger partial charge in [-0.2, -0.15) is 0 Å². The molecule has 0 bridgehead atoms. The first-order valence-electron chi connectivity index (χ1n) is 12.1. The van der Waals surface area contributed by atoms with Crippen molar-refractivity contribution in [1.29, 1.82) is 0 Å². The van der Waals surface area contributed by atoms with E-state index in [1.54, 1.807) is 24.4 Å². The fraction of sp³-hybridized carbons (Fsp3) is 0.179. The molecule has 11 heteroatoms. The van der Waals surface area contributed by atoms with Gasteiger partial charge in [0.1, 0.15) is 6.04 Å². The summed E-state index contributed by atoms with van der Waals surface area (Å²) < 4.78 is 33.2. The molecule has 0 unspecified atom stereocenters. The Hall–Kier alpha value is -4.22. The number of hydrogen-bond acceptors (Lipinski definition) is 6. The molecule has 3 heterocycles. The number of methoxy groups -OCH3 is 1. The molecule has 0 aliphatic carbocycles. The minimum atomic E-state index is -3.43. The third-order valence-electron chi connectivity index (χ3n) is 6.53. The average Bonchev–Trinajstić information content (AvgIpc) is 3.53. The number of sulfonamides is 1. The lowest BCUT2D eigenvalue weighted by Crippen LogP contribution is -2.30. The maximum Gasteiger partial charge on any atom is 0.339 e. The van der Waals surface area contributed by atoms with Gasteiger partial charge in [-0.1, -0.05) is 18.2 Å². The van der Waals surface area contributed by atoms with Crippen LogP contribution >= 0.6 is 12.2 Å². The van der Waals surface area contributed by atoms with Gasteiger partial charge >= 0.3 is 5.97 Å². The van der Waals surface area contributed by atoms with Crippen LogP contribution in [-0.4, -0.2) is 42.4 Å². The largest absolute Gasteiger partial charge is 0.465 e. The zero-order chi connectivity index (χ0) is 27.7. The van der Waals surface area contributed by atoms with E-state index in [1.165, 1.54) is 7.11 Å². The van der Waals surface area contributed by atoms with Crippen LogP contribution in [0.15, 0.2) is 85.2 Å². The maximum atomic E-state index is 12.6. The number of para-hydroxylation sites is 1. The number of carbonyl (C=O) groups excluding carboxylic acids is 1. The van der Waals surface area contributed by atoms with Crippen LogP contribution in [-0.2, 0) is 14.8 Å². The number of rotatable bonds is 7. The van der Waals surface area contributed by atoms with Gasteiger partial charge in [0.05, 0.1) is 42.0 Å². The Morgan fingerprint density at radius 2 is 1.85 bits per heavy atom. The topological polar surface area (TPSA) is 106 Å². The van der Waals surface area contributed by atoms with E-state index in [9.17, 15) is 13.2 Å². The second-order valence-electron chi connectivity index (χ2n) is 9.18. The van der Waals surface area contributed by atoms with E-state index < -0.39 is 16.0 Å². The monoisotopic (exact) mass is 561 g/mol. The van der Waals surface area contributed by atoms with Crippen molar-refractivity contribution >= 4 is 44.7 Å². The van der Waals surface area contributed by atoms with Crippen molar-refractivity contribution in [2.75, 3.05) is 23.0 Å². The summed E-state index contributed by atoms with van der Waals surface area (Å²) in [6.07, 6.45) is 4.76. The van der Waals surface area contributed by atoms with Gasteiger partial charge in [0, 0.05) is 23.8 Å². The van der Waals surface area contributed by atoms with Crippen molar-refractivity contribution in [2.45, 2.75) is 19.0 Å². The van der Waals surface area contributed by atoms with Crippen LogP contribution in [0.2, 0.25) is 0 Å². The van der Waals surface area contributed by atoms with Crippen LogP contribution < -0.4 is 14.9 Å². The second kappa shape index (κ2) is 10.5. The summed E-state index contributed by atoms with van der Waals surface area (Å²) >= 11 is 5.85. The van der Waals surface area contributed by atoms with Gasteiger partial charge in [-0.25, -0.2) is 13.2 Å². The van der Waals surface area contributed by atoms with Crippen molar-refractivity contribution in [1.82, 2.24) is 14.9 Å². The van der Waals surface area contributed by atoms with Crippen LogP contribution in [0.1, 0.15) is 39.4 Å². The first-order chi connectivity index (χ1) is 18.7. The highest BCUT2D eigenvalue weighted by molar-refractivity contribution is 7.92. The zero-order valence-electron chi connectivity index (χ0n) is 21.5. The lowest BCUT2D eigenvalue weighted by Gasteiger charge is -2.29. The van der Waals surface area contributed by atoms with Gasteiger partial charge in [0.25, 0.3) is 0 Å². The third kappa shape index (κ3) is 5.23. The number of esters is 1. The van der Waals surface area contributed by atoms with Gasteiger partial charge in [0.15, 0.2) is 5.11 Å². The SMILES string of the molecule is COC(=O)c1ccccc1-n1cccc1[C@@H]1[C@@H](c2ccccn2)NC(=S)N1c1ccc(NS(C)(=O)=O)c(C)c1. The highest BCUT2D eigenvalue weighted by Crippen LogP contribution is 2.43. The summed E-state index contributed by atoms with van der Waals surface area (Å²) in [7, 11) is -2.07. The smallest absolute Gasteiger partial charge is 0.339 e. The number of hydrogen-bond donors (Lipinski definition) is 2. The maximum absolute atomic E-state index is 12.6. The lowest BCUT2D eigenvalue weighted by molar-refractivity contribution is 0.0600. The van der Waals surface area contributed by atoms with E-state index in [1.807, 2.05) is 77.2 Å². The Bertz CT molecular complexity index is 1650. The summed E-state index contributed by atoms with van der Waals surface area (Å²) in [6, 6.07) is 21.7. The summed E-state index contributed by atoms with van der Waals surface area (Å²) in [5, 5.41) is 3.93. The van der Waals surface area contributed by atoms with E-state index in [4.69, 9.17) is 17.0 Å². The molecule has 2 aromatic heterocycles. The molecule has 1 saturated heterocycles. The number of aryl methyl sites for hydroxylation is 1. The summed E-state index contributed by atoms with van der Waals surface area (Å²) in [4.78, 5) is 19.2. The number of nitrogens with one attached hydrogen (secondary N) is 2. The van der Waals surface area contributed by atoms with Gasteiger partial charge in [-0.15, -0.1) is 0 Å². The molecule has 200 valence electrons. The molecule has 0 spiro atoms. The first kappa shape index (κ1) is 26.4. The molecule has 0 radical (unpaired) electrons. The molecular weight excluding hydrogens is 534 g/mol. The minimum absolute atomic E-state index is 0.313. The number of nitrogens with zero attached hydrogens (tertiary/aromatic N) is 3. The molecule has 2 atom stereocenters. The van der Waals surface area contributed by atoms with Crippen molar-refractivity contribution in [3.63, 3.8) is 0 Å². The van der Waals surface area contributed by atoms with Crippen LogP contribution in [0.5, 0.6) is 0 Å². The molecule has 39 heavy (non-hydrogen) atoms. The molecule has 1 aliphatic heterocycles. The zero-order valence-corrected chi connectivity index (χ0v) is 23.2. The predicted molar refractivity (Wildman–Crippen MR) is 155 cm³/mol. The molecule has 2 aromatic carbocycles. The molecule has 1 fully saturated rings.